The largest absolute Gasteiger partial charge is 0.462 e. The molecule has 2 aromatic carbocycles. The zero-order valence-electron chi connectivity index (χ0n) is 17.6. The van der Waals surface area contributed by atoms with Crippen molar-refractivity contribution in [2.24, 2.45) is 0 Å². The molecule has 3 aromatic rings. The summed E-state index contributed by atoms with van der Waals surface area (Å²) in [5.41, 5.74) is -0.698. The SMILES string of the molecule is CCOC(=O)c1ccc(-c2ccc(C=C(C#N)C(=O)Nc3cc(C(F)(F)F)ccc3Cl)o2)cc1. The lowest BCUT2D eigenvalue weighted by Crippen LogP contribution is -2.15. The minimum Gasteiger partial charge on any atom is -0.462 e. The fourth-order valence-electron chi connectivity index (χ4n) is 2.85. The summed E-state index contributed by atoms with van der Waals surface area (Å²) in [5, 5.41) is 11.5. The zero-order chi connectivity index (χ0) is 24.9. The molecule has 0 saturated carbocycles. The molecule has 0 fully saturated rings. The summed E-state index contributed by atoms with van der Waals surface area (Å²) in [4.78, 5) is 24.2. The molecule has 10 heteroatoms. The molecule has 6 nitrogen and oxygen atoms in total. The first-order chi connectivity index (χ1) is 16.1. The Morgan fingerprint density at radius 2 is 1.85 bits per heavy atom. The zero-order valence-corrected chi connectivity index (χ0v) is 18.3. The number of anilines is 1. The van der Waals surface area contributed by atoms with E-state index < -0.39 is 29.2 Å². The van der Waals surface area contributed by atoms with Crippen LogP contribution in [0.1, 0.15) is 28.6 Å². The van der Waals surface area contributed by atoms with E-state index in [4.69, 9.17) is 20.8 Å². The van der Waals surface area contributed by atoms with Crippen molar-refractivity contribution in [1.82, 2.24) is 0 Å². The van der Waals surface area contributed by atoms with Gasteiger partial charge in [-0.05, 0) is 49.4 Å². The number of ether oxygens (including phenoxy) is 1. The number of rotatable bonds is 6. The number of hydrogen-bond donors (Lipinski definition) is 1. The van der Waals surface area contributed by atoms with Crippen LogP contribution in [0.2, 0.25) is 5.02 Å². The van der Waals surface area contributed by atoms with Gasteiger partial charge < -0.3 is 14.5 Å². The summed E-state index contributed by atoms with van der Waals surface area (Å²) in [6.07, 6.45) is -3.48. The molecule has 1 amide bonds. The second-order valence-corrected chi connectivity index (χ2v) is 7.22. The Morgan fingerprint density at radius 3 is 2.47 bits per heavy atom. The molecule has 0 radical (unpaired) electrons. The first kappa shape index (κ1) is 24.6. The smallest absolute Gasteiger partial charge is 0.416 e. The number of benzene rings is 2. The van der Waals surface area contributed by atoms with E-state index in [2.05, 4.69) is 5.32 Å². The lowest BCUT2D eigenvalue weighted by atomic mass is 10.1. The number of nitriles is 1. The van der Waals surface area contributed by atoms with Crippen LogP contribution >= 0.6 is 11.6 Å². The van der Waals surface area contributed by atoms with Gasteiger partial charge in [-0.3, -0.25) is 4.79 Å². The minimum atomic E-state index is -4.63. The molecular formula is C24H16ClF3N2O4. The first-order valence-electron chi connectivity index (χ1n) is 9.79. The second kappa shape index (κ2) is 10.3. The van der Waals surface area contributed by atoms with E-state index in [0.29, 0.717) is 23.0 Å². The third-order valence-electron chi connectivity index (χ3n) is 4.50. The number of alkyl halides is 3. The summed E-state index contributed by atoms with van der Waals surface area (Å²) >= 11 is 5.89. The fourth-order valence-corrected chi connectivity index (χ4v) is 3.01. The van der Waals surface area contributed by atoms with Crippen molar-refractivity contribution >= 4 is 35.2 Å². The normalized spacial score (nSPS) is 11.6. The monoisotopic (exact) mass is 488 g/mol. The minimum absolute atomic E-state index is 0.120. The van der Waals surface area contributed by atoms with Crippen LogP contribution in [0.25, 0.3) is 17.4 Å². The Bertz CT molecular complexity index is 1290. The summed E-state index contributed by atoms with van der Waals surface area (Å²) in [5.74, 6) is -0.852. The van der Waals surface area contributed by atoms with Gasteiger partial charge in [0, 0.05) is 11.6 Å². The maximum Gasteiger partial charge on any atom is 0.416 e. The first-order valence-corrected chi connectivity index (χ1v) is 10.2. The Morgan fingerprint density at radius 1 is 1.15 bits per heavy atom. The average molecular weight is 489 g/mol. The van der Waals surface area contributed by atoms with Crippen molar-refractivity contribution in [2.75, 3.05) is 11.9 Å². The number of carbonyl (C=O) groups excluding carboxylic acids is 2. The summed E-state index contributed by atoms with van der Waals surface area (Å²) in [6.45, 7) is 1.96. The van der Waals surface area contributed by atoms with E-state index in [9.17, 15) is 28.0 Å². The van der Waals surface area contributed by atoms with E-state index in [1.165, 1.54) is 6.07 Å². The number of amides is 1. The van der Waals surface area contributed by atoms with Gasteiger partial charge in [0.2, 0.25) is 0 Å². The molecule has 0 bridgehead atoms. The third-order valence-corrected chi connectivity index (χ3v) is 4.83. The third kappa shape index (κ3) is 5.85. The number of halogens is 4. The Kier molecular flexibility index (Phi) is 7.44. The molecule has 0 spiro atoms. The number of nitrogens with zero attached hydrogens (tertiary/aromatic N) is 1. The van der Waals surface area contributed by atoms with Gasteiger partial charge in [0.05, 0.1) is 28.4 Å². The number of hydrogen-bond acceptors (Lipinski definition) is 5. The van der Waals surface area contributed by atoms with Crippen molar-refractivity contribution in [3.63, 3.8) is 0 Å². The topological polar surface area (TPSA) is 92.3 Å². The van der Waals surface area contributed by atoms with Crippen LogP contribution in [0, 0.1) is 11.3 Å². The summed E-state index contributed by atoms with van der Waals surface area (Å²) in [6, 6.07) is 13.7. The van der Waals surface area contributed by atoms with Crippen molar-refractivity contribution in [3.05, 3.63) is 82.1 Å². The second-order valence-electron chi connectivity index (χ2n) is 6.82. The van der Waals surface area contributed by atoms with Gasteiger partial charge in [-0.25, -0.2) is 4.79 Å². The van der Waals surface area contributed by atoms with Gasteiger partial charge in [0.15, 0.2) is 0 Å². The van der Waals surface area contributed by atoms with Crippen LogP contribution in [0.5, 0.6) is 0 Å². The number of nitrogens with one attached hydrogen (secondary N) is 1. The molecular weight excluding hydrogens is 473 g/mol. The Labute approximate surface area is 197 Å². The standard InChI is InChI=1S/C24H16ClF3N2O4/c1-2-33-23(32)15-5-3-14(4-6-15)21-10-8-18(34-21)11-16(13-29)22(31)30-20-12-17(24(26,27)28)7-9-19(20)25/h3-12H,2H2,1H3,(H,30,31). The van der Waals surface area contributed by atoms with Gasteiger partial charge in [-0.15, -0.1) is 0 Å². The lowest BCUT2D eigenvalue weighted by Gasteiger charge is -2.11. The van der Waals surface area contributed by atoms with Crippen LogP contribution in [0.15, 0.2) is 64.6 Å². The van der Waals surface area contributed by atoms with Crippen molar-refractivity contribution in [3.8, 4) is 17.4 Å². The highest BCUT2D eigenvalue weighted by molar-refractivity contribution is 6.34. The van der Waals surface area contributed by atoms with Gasteiger partial charge in [-0.2, -0.15) is 18.4 Å². The molecule has 0 aliphatic heterocycles. The van der Waals surface area contributed by atoms with Crippen molar-refractivity contribution in [2.45, 2.75) is 13.1 Å². The molecule has 0 unspecified atom stereocenters. The molecule has 1 aromatic heterocycles. The van der Waals surface area contributed by atoms with E-state index in [1.807, 2.05) is 0 Å². The highest BCUT2D eigenvalue weighted by atomic mass is 35.5. The van der Waals surface area contributed by atoms with Crippen LogP contribution < -0.4 is 5.32 Å². The predicted octanol–water partition coefficient (Wildman–Crippen LogP) is 6.34. The fraction of sp³-hybridized carbons (Fsp3) is 0.125. The molecule has 1 heterocycles. The van der Waals surface area contributed by atoms with Crippen LogP contribution in [-0.2, 0) is 15.7 Å². The number of carbonyl (C=O) groups is 2. The van der Waals surface area contributed by atoms with E-state index in [1.54, 1.807) is 43.3 Å². The molecule has 1 N–H and O–H groups in total. The maximum atomic E-state index is 12.9. The number of esters is 1. The summed E-state index contributed by atoms with van der Waals surface area (Å²) in [7, 11) is 0. The van der Waals surface area contributed by atoms with Gasteiger partial charge in [-0.1, -0.05) is 23.7 Å². The lowest BCUT2D eigenvalue weighted by molar-refractivity contribution is -0.137. The van der Waals surface area contributed by atoms with Crippen LogP contribution in [-0.4, -0.2) is 18.5 Å². The summed E-state index contributed by atoms with van der Waals surface area (Å²) < 4.78 is 49.4. The maximum absolute atomic E-state index is 12.9. The molecule has 0 saturated heterocycles. The Hall–Kier alpha value is -4.03. The van der Waals surface area contributed by atoms with E-state index in [-0.39, 0.29) is 23.1 Å². The molecule has 174 valence electrons. The highest BCUT2D eigenvalue weighted by Crippen LogP contribution is 2.34. The molecule has 0 aliphatic rings. The predicted molar refractivity (Wildman–Crippen MR) is 119 cm³/mol. The molecule has 3 rings (SSSR count). The Balaban J connectivity index is 1.79. The van der Waals surface area contributed by atoms with Gasteiger partial charge in [0.25, 0.3) is 5.91 Å². The quantitative estimate of drug-likeness (QED) is 0.248. The van der Waals surface area contributed by atoms with Gasteiger partial charge in [0.1, 0.15) is 23.2 Å². The average Bonchev–Trinajstić information content (AvgIpc) is 3.27. The van der Waals surface area contributed by atoms with Crippen molar-refractivity contribution in [1.29, 1.82) is 5.26 Å². The number of furan rings is 1. The highest BCUT2D eigenvalue weighted by Gasteiger charge is 2.31. The van der Waals surface area contributed by atoms with Crippen LogP contribution in [0.3, 0.4) is 0 Å². The molecule has 0 aliphatic carbocycles. The molecule has 0 atom stereocenters. The van der Waals surface area contributed by atoms with Crippen LogP contribution in [0.4, 0.5) is 18.9 Å². The van der Waals surface area contributed by atoms with Gasteiger partial charge >= 0.3 is 12.1 Å². The molecule has 34 heavy (non-hydrogen) atoms. The van der Waals surface area contributed by atoms with E-state index >= 15 is 0 Å². The van der Waals surface area contributed by atoms with Crippen molar-refractivity contribution < 1.29 is 31.9 Å². The van der Waals surface area contributed by atoms with E-state index in [0.717, 1.165) is 18.2 Å².